The molecule has 0 saturated heterocycles. The summed E-state index contributed by atoms with van der Waals surface area (Å²) in [5.41, 5.74) is 0.619. The zero-order valence-corrected chi connectivity index (χ0v) is 12.8. The molecule has 1 N–H and O–H groups in total. The number of carbonyl (C=O) groups is 2. The Labute approximate surface area is 121 Å². The summed E-state index contributed by atoms with van der Waals surface area (Å²) in [6, 6.07) is 0. The molecule has 0 aromatic heterocycles. The van der Waals surface area contributed by atoms with Crippen molar-refractivity contribution in [2.75, 3.05) is 6.61 Å². The minimum absolute atomic E-state index is 0.0245. The number of rotatable bonds is 10. The Bertz CT molecular complexity index is 367. The molecule has 0 rings (SSSR count). The van der Waals surface area contributed by atoms with Crippen LogP contribution in [0.1, 0.15) is 52.9 Å². The summed E-state index contributed by atoms with van der Waals surface area (Å²) in [5, 5.41) is 8.64. The van der Waals surface area contributed by atoms with Crippen LogP contribution in [0.25, 0.3) is 0 Å². The van der Waals surface area contributed by atoms with Crippen molar-refractivity contribution >= 4 is 11.9 Å². The predicted molar refractivity (Wildman–Crippen MR) is 79.4 cm³/mol. The lowest BCUT2D eigenvalue weighted by Gasteiger charge is -2.06. The van der Waals surface area contributed by atoms with Crippen LogP contribution in [-0.2, 0) is 14.3 Å². The van der Waals surface area contributed by atoms with Crippen molar-refractivity contribution < 1.29 is 19.4 Å². The molecule has 0 saturated carbocycles. The van der Waals surface area contributed by atoms with Gasteiger partial charge in [-0.15, -0.1) is 0 Å². The van der Waals surface area contributed by atoms with Crippen LogP contribution < -0.4 is 0 Å². The van der Waals surface area contributed by atoms with E-state index in [1.165, 1.54) is 25.8 Å². The second-order valence-electron chi connectivity index (χ2n) is 5.39. The van der Waals surface area contributed by atoms with Crippen LogP contribution in [-0.4, -0.2) is 23.7 Å². The quantitative estimate of drug-likeness (QED) is 0.377. The molecule has 0 spiro atoms. The molecule has 0 fully saturated rings. The molecule has 4 heteroatoms. The van der Waals surface area contributed by atoms with E-state index in [0.717, 1.165) is 12.8 Å². The normalized spacial score (nSPS) is 11.5. The molecule has 0 atom stereocenters. The molecule has 20 heavy (non-hydrogen) atoms. The Hall–Kier alpha value is -1.58. The first-order chi connectivity index (χ1) is 9.34. The maximum atomic E-state index is 11.6. The summed E-state index contributed by atoms with van der Waals surface area (Å²) in [6.45, 7) is 9.54. The second kappa shape index (κ2) is 10.2. The van der Waals surface area contributed by atoms with Gasteiger partial charge in [-0.05, 0) is 31.8 Å². The van der Waals surface area contributed by atoms with Gasteiger partial charge in [0.05, 0.1) is 0 Å². The van der Waals surface area contributed by atoms with Gasteiger partial charge in [0.2, 0.25) is 0 Å². The smallest absolute Gasteiger partial charge is 0.333 e. The van der Waals surface area contributed by atoms with Crippen molar-refractivity contribution in [3.63, 3.8) is 0 Å². The average molecular weight is 282 g/mol. The number of hydrogen-bond donors (Lipinski definition) is 1. The molecule has 0 aliphatic heterocycles. The fourth-order valence-electron chi connectivity index (χ4n) is 1.60. The van der Waals surface area contributed by atoms with Gasteiger partial charge in [0.1, 0.15) is 6.61 Å². The van der Waals surface area contributed by atoms with Crippen molar-refractivity contribution in [1.82, 2.24) is 0 Å². The maximum absolute atomic E-state index is 11.6. The Kier molecular flexibility index (Phi) is 9.43. The zero-order chi connectivity index (χ0) is 15.5. The van der Waals surface area contributed by atoms with E-state index in [4.69, 9.17) is 9.84 Å². The van der Waals surface area contributed by atoms with Gasteiger partial charge in [-0.3, -0.25) is 0 Å². The first kappa shape index (κ1) is 18.4. The summed E-state index contributed by atoms with van der Waals surface area (Å²) in [5.74, 6) is -0.735. The highest BCUT2D eigenvalue weighted by Gasteiger charge is 2.08. The van der Waals surface area contributed by atoms with Gasteiger partial charge in [-0.1, -0.05) is 39.7 Å². The van der Waals surface area contributed by atoms with E-state index in [-0.39, 0.29) is 12.2 Å². The second-order valence-corrected chi connectivity index (χ2v) is 5.39. The first-order valence-corrected chi connectivity index (χ1v) is 7.09. The Balaban J connectivity index is 3.80. The van der Waals surface area contributed by atoms with Crippen molar-refractivity contribution in [1.29, 1.82) is 0 Å². The number of esters is 1. The molecule has 0 bridgehead atoms. The van der Waals surface area contributed by atoms with Gasteiger partial charge < -0.3 is 9.84 Å². The average Bonchev–Trinajstić information content (AvgIpc) is 2.37. The van der Waals surface area contributed by atoms with E-state index in [1.54, 1.807) is 0 Å². The third kappa shape index (κ3) is 9.36. The zero-order valence-electron chi connectivity index (χ0n) is 12.8. The van der Waals surface area contributed by atoms with Gasteiger partial charge in [0, 0.05) is 11.1 Å². The summed E-state index contributed by atoms with van der Waals surface area (Å²) in [6.07, 6.45) is 6.40. The number of carbonyl (C=O) groups excluding carboxylic acids is 1. The van der Waals surface area contributed by atoms with E-state index in [2.05, 4.69) is 20.4 Å². The van der Waals surface area contributed by atoms with Crippen LogP contribution in [0.2, 0.25) is 0 Å². The van der Waals surface area contributed by atoms with Crippen LogP contribution in [0.5, 0.6) is 0 Å². The number of unbranched alkanes of at least 4 members (excludes halogenated alkanes) is 2. The molecular weight excluding hydrogens is 256 g/mol. The fraction of sp³-hybridized carbons (Fsp3) is 0.625. The fourth-order valence-corrected chi connectivity index (χ4v) is 1.60. The minimum atomic E-state index is -1.01. The van der Waals surface area contributed by atoms with Crippen molar-refractivity contribution in [2.45, 2.75) is 52.9 Å². The number of ether oxygens (including phenoxy) is 1. The monoisotopic (exact) mass is 282 g/mol. The summed E-state index contributed by atoms with van der Waals surface area (Å²) in [7, 11) is 0. The number of hydrogen-bond acceptors (Lipinski definition) is 3. The van der Waals surface area contributed by atoms with Crippen LogP contribution in [0, 0.1) is 5.92 Å². The van der Waals surface area contributed by atoms with E-state index >= 15 is 0 Å². The molecule has 0 amide bonds. The van der Waals surface area contributed by atoms with Crippen molar-refractivity contribution in [3.05, 3.63) is 23.8 Å². The van der Waals surface area contributed by atoms with Gasteiger partial charge in [0.15, 0.2) is 0 Å². The molecule has 0 heterocycles. The molecule has 0 radical (unpaired) electrons. The molecule has 0 aromatic rings. The van der Waals surface area contributed by atoms with E-state index in [0.29, 0.717) is 17.9 Å². The lowest BCUT2D eigenvalue weighted by atomic mass is 10.0. The standard InChI is InChI=1S/C16H26O4/c1-12(2)8-6-5-7-9-14(4)16(19)20-11-10-13(3)15(17)18/h10,12H,4-9,11H2,1-3H3,(H,17,18). The summed E-state index contributed by atoms with van der Waals surface area (Å²) in [4.78, 5) is 22.1. The van der Waals surface area contributed by atoms with Gasteiger partial charge in [-0.2, -0.15) is 0 Å². The summed E-state index contributed by atoms with van der Waals surface area (Å²) < 4.78 is 4.94. The van der Waals surface area contributed by atoms with Crippen molar-refractivity contribution in [3.8, 4) is 0 Å². The van der Waals surface area contributed by atoms with E-state index in [9.17, 15) is 9.59 Å². The topological polar surface area (TPSA) is 63.6 Å². The maximum Gasteiger partial charge on any atom is 0.333 e. The van der Waals surface area contributed by atoms with E-state index < -0.39 is 11.9 Å². The van der Waals surface area contributed by atoms with Crippen LogP contribution in [0.3, 0.4) is 0 Å². The lowest BCUT2D eigenvalue weighted by Crippen LogP contribution is -2.08. The highest BCUT2D eigenvalue weighted by atomic mass is 16.5. The third-order valence-corrected chi connectivity index (χ3v) is 2.99. The molecule has 0 aliphatic carbocycles. The van der Waals surface area contributed by atoms with Crippen LogP contribution in [0.4, 0.5) is 0 Å². The Morgan fingerprint density at radius 3 is 2.45 bits per heavy atom. The van der Waals surface area contributed by atoms with Gasteiger partial charge in [-0.25, -0.2) is 9.59 Å². The number of aliphatic carboxylic acids is 1. The molecule has 114 valence electrons. The molecule has 0 aliphatic rings. The Morgan fingerprint density at radius 2 is 1.90 bits per heavy atom. The SMILES string of the molecule is C=C(CCCCCC(C)C)C(=O)OCC=C(C)C(=O)O. The number of carboxylic acids is 1. The van der Waals surface area contributed by atoms with Gasteiger partial charge in [0.25, 0.3) is 0 Å². The Morgan fingerprint density at radius 1 is 1.25 bits per heavy atom. The lowest BCUT2D eigenvalue weighted by molar-refractivity contribution is -0.138. The predicted octanol–water partition coefficient (Wildman–Crippen LogP) is 3.72. The third-order valence-electron chi connectivity index (χ3n) is 2.99. The van der Waals surface area contributed by atoms with Crippen LogP contribution in [0.15, 0.2) is 23.8 Å². The summed E-state index contributed by atoms with van der Waals surface area (Å²) >= 11 is 0. The van der Waals surface area contributed by atoms with Crippen LogP contribution >= 0.6 is 0 Å². The minimum Gasteiger partial charge on any atom is -0.478 e. The van der Waals surface area contributed by atoms with Crippen molar-refractivity contribution in [2.24, 2.45) is 5.92 Å². The van der Waals surface area contributed by atoms with Gasteiger partial charge >= 0.3 is 11.9 Å². The molecule has 4 nitrogen and oxygen atoms in total. The molecule has 0 unspecified atom stereocenters. The highest BCUT2D eigenvalue weighted by molar-refractivity contribution is 5.88. The molecule has 0 aromatic carbocycles. The number of carboxylic acid groups (broad SMARTS) is 1. The molecular formula is C16H26O4. The van der Waals surface area contributed by atoms with E-state index in [1.807, 2.05) is 0 Å². The highest BCUT2D eigenvalue weighted by Crippen LogP contribution is 2.13. The first-order valence-electron chi connectivity index (χ1n) is 7.09. The largest absolute Gasteiger partial charge is 0.478 e.